The summed E-state index contributed by atoms with van der Waals surface area (Å²) in [4.78, 5) is 103. The summed E-state index contributed by atoms with van der Waals surface area (Å²) < 4.78 is 6.31. The van der Waals surface area contributed by atoms with E-state index in [0.717, 1.165) is 186 Å². The second-order valence-electron chi connectivity index (χ2n) is 33.1. The molecule has 0 spiro atoms. The number of hydrogen-bond donors (Lipinski definition) is 6. The van der Waals surface area contributed by atoms with Crippen molar-refractivity contribution in [2.75, 3.05) is 41.6 Å². The molecule has 7 heterocycles. The first-order chi connectivity index (χ1) is 70.3. The summed E-state index contributed by atoms with van der Waals surface area (Å²) in [5, 5.41) is 31.4. The molecular weight excluding hydrogens is 2040 g/mol. The number of aliphatic imine (C=N–C) groups is 6. The fourth-order valence-electron chi connectivity index (χ4n) is 14.1. The number of para-hydroxylation sites is 6. The minimum atomic E-state index is -0.152. The molecule has 6 aliphatic heterocycles. The quantitative estimate of drug-likeness (QED) is 0.0229. The van der Waals surface area contributed by atoms with Gasteiger partial charge < -0.3 is 4.74 Å². The molecule has 0 unspecified atom stereocenters. The highest BCUT2D eigenvalue weighted by atomic mass is 79.9. The number of nitrogens with zero attached hydrogens (tertiary/aromatic N) is 13. The van der Waals surface area contributed by atoms with Crippen LogP contribution in [0, 0.1) is 20.8 Å². The number of halogens is 2. The van der Waals surface area contributed by atoms with E-state index in [0.29, 0.717) is 39.5 Å². The van der Waals surface area contributed by atoms with Crippen LogP contribution in [0.15, 0.2) is 350 Å². The highest BCUT2D eigenvalue weighted by molar-refractivity contribution is 9.10. The van der Waals surface area contributed by atoms with Crippen LogP contribution in [0.4, 0.5) is 34.1 Å². The van der Waals surface area contributed by atoms with Crippen LogP contribution in [0.1, 0.15) is 140 Å². The fourth-order valence-corrected chi connectivity index (χ4v) is 19.4. The van der Waals surface area contributed by atoms with Gasteiger partial charge in [-0.1, -0.05) is 254 Å². The topological polar surface area (TPSA) is 345 Å². The monoisotopic (exact) mass is 2160 g/mol. The molecule has 34 heteroatoms. The van der Waals surface area contributed by atoms with Crippen LogP contribution in [0.5, 0.6) is 5.75 Å². The Bertz CT molecular complexity index is 6980. The number of hydrazone groups is 6. The van der Waals surface area contributed by atoms with Crippen LogP contribution >= 0.6 is 98.1 Å². The molecule has 147 heavy (non-hydrogen) atoms. The Kier molecular flexibility index (Phi) is 45.1. The van der Waals surface area contributed by atoms with Gasteiger partial charge in [-0.05, 0) is 196 Å². The van der Waals surface area contributed by atoms with E-state index in [4.69, 9.17) is 16.3 Å². The number of aryl methyl sites for hydroxylation is 3. The van der Waals surface area contributed by atoms with E-state index >= 15 is 0 Å². The zero-order valence-corrected chi connectivity index (χ0v) is 88.7. The van der Waals surface area contributed by atoms with Gasteiger partial charge in [0.05, 0.1) is 140 Å². The molecule has 0 atom stereocenters. The van der Waals surface area contributed by atoms with Crippen LogP contribution in [-0.4, -0.2) is 147 Å². The Morgan fingerprint density at radius 3 is 0.857 bits per heavy atom. The Morgan fingerprint density at radius 2 is 0.565 bits per heavy atom. The lowest BCUT2D eigenvalue weighted by molar-refractivity contribution is -0.119. The van der Waals surface area contributed by atoms with Crippen molar-refractivity contribution in [3.63, 3.8) is 0 Å². The fraction of sp³-hybridized carbons (Fsp3) is 0.212. The maximum Gasteiger partial charge on any atom is 0.250 e. The van der Waals surface area contributed by atoms with Crippen LogP contribution in [0.25, 0.3) is 0 Å². The van der Waals surface area contributed by atoms with Gasteiger partial charge in [-0.25, -0.2) is 62.5 Å². The first-order valence-electron chi connectivity index (χ1n) is 46.2. The minimum Gasteiger partial charge on any atom is -0.496 e. The van der Waals surface area contributed by atoms with Crippen molar-refractivity contribution in [1.29, 1.82) is 0 Å². The molecule has 0 saturated carbocycles. The lowest BCUT2D eigenvalue weighted by atomic mass is 10.1. The molecule has 0 radical (unpaired) electrons. The molecule has 0 fully saturated rings. The molecule has 6 aliphatic rings. The number of methoxy groups -OCH3 is 1. The van der Waals surface area contributed by atoms with E-state index < -0.39 is 0 Å². The first kappa shape index (κ1) is 113. The predicted octanol–water partition coefficient (Wildman–Crippen LogP) is 24.3. The number of benzene rings is 11. The van der Waals surface area contributed by atoms with E-state index in [1.165, 1.54) is 110 Å². The smallest absolute Gasteiger partial charge is 0.250 e. The van der Waals surface area contributed by atoms with Crippen LogP contribution in [-0.2, 0) is 67.3 Å². The van der Waals surface area contributed by atoms with Crippen molar-refractivity contribution in [3.8, 4) is 5.75 Å². The Balaban J connectivity index is 0.000000167. The third kappa shape index (κ3) is 36.3. The molecule has 12 aromatic rings. The number of aromatic nitrogens is 1. The van der Waals surface area contributed by atoms with Crippen molar-refractivity contribution in [2.45, 2.75) is 116 Å². The van der Waals surface area contributed by atoms with Gasteiger partial charge in [0.15, 0.2) is 0 Å². The summed E-state index contributed by atoms with van der Waals surface area (Å²) in [5.74, 6) is 1.82. The molecular formula is C113H115BrClN19O7S6. The molecule has 6 amide bonds. The lowest BCUT2D eigenvalue weighted by Gasteiger charge is -2.08. The SMILES string of the molecule is C.C.C/C(=N\NC(=O)CSC1=Nc2ccccc2C1)c1ccc(C)c(Cl)c1.C/C(=N\NC(=O)CSC1=Nc2ccccc2C1)c1ccc(C)cc1.C/C(=N\NC(=O)CSC1=Nc2ccccc2C1)c1cccc(Br)c1.C/C(=N\NC(=O)CSC1=Nc2ccccc2C1)c1ccccc1.C/C(=N\NC(=O)CSC1=Nc2ccccc2C1)c1cccnc1.COc1cc(/C(C)=N/NC(=O)CSC2=Nc3ccccc3C2)ccc1C. The number of thioether (sulfide) groups is 6. The zero-order valence-electron chi connectivity index (χ0n) is 81.5. The van der Waals surface area contributed by atoms with Gasteiger partial charge in [-0.2, -0.15) is 30.6 Å². The summed E-state index contributed by atoms with van der Waals surface area (Å²) in [6.45, 7) is 17.1. The third-order valence-corrected chi connectivity index (χ3v) is 28.9. The van der Waals surface area contributed by atoms with Crippen LogP contribution in [0.2, 0.25) is 5.02 Å². The van der Waals surface area contributed by atoms with E-state index in [1.54, 1.807) is 19.5 Å². The number of rotatable bonds is 25. The van der Waals surface area contributed by atoms with E-state index in [1.807, 2.05) is 299 Å². The minimum absolute atomic E-state index is 0. The summed E-state index contributed by atoms with van der Waals surface area (Å²) in [6.07, 6.45) is 8.20. The third-order valence-electron chi connectivity index (χ3n) is 22.2. The summed E-state index contributed by atoms with van der Waals surface area (Å²) in [5.41, 5.74) is 42.3. The molecule has 26 nitrogen and oxygen atoms in total. The number of ether oxygens (including phenoxy) is 1. The predicted molar refractivity (Wildman–Crippen MR) is 624 cm³/mol. The number of carbonyl (C=O) groups excluding carboxylic acids is 6. The maximum atomic E-state index is 12.1. The molecule has 6 N–H and O–H groups in total. The van der Waals surface area contributed by atoms with Gasteiger partial charge in [0, 0.05) is 71.5 Å². The molecule has 0 bridgehead atoms. The van der Waals surface area contributed by atoms with Gasteiger partial charge in [0.1, 0.15) is 5.75 Å². The largest absolute Gasteiger partial charge is 0.496 e. The molecule has 0 aliphatic carbocycles. The van der Waals surface area contributed by atoms with Gasteiger partial charge in [0.2, 0.25) is 35.4 Å². The number of carbonyl (C=O) groups is 6. The van der Waals surface area contributed by atoms with Crippen molar-refractivity contribution < 1.29 is 33.5 Å². The maximum absolute atomic E-state index is 12.1. The average Bonchev–Trinajstić information content (AvgIpc) is 1.71. The summed E-state index contributed by atoms with van der Waals surface area (Å²) in [7, 11) is 1.64. The molecule has 0 saturated heterocycles. The summed E-state index contributed by atoms with van der Waals surface area (Å²) in [6, 6.07) is 89.2. The second kappa shape index (κ2) is 58.4. The van der Waals surface area contributed by atoms with Gasteiger partial charge in [0.25, 0.3) is 0 Å². The standard InChI is InChI=1S/C20H21N3O2S.C19H18ClN3OS.C19H19N3OS.C18H16BrN3OS.C18H17N3OS.C17H16N4OS.2CH4/c1-13-8-9-15(10-18(13)25-3)14(2)22-23-19(24)12-26-20-11-16-6-4-5-7-17(16)21-20;1-12-7-8-14(9-16(12)20)13(2)22-23-18(24)11-25-19-10-15-5-3-4-6-17(15)21-19;1-13-7-9-15(10-8-13)14(2)21-22-18(23)12-24-19-11-16-5-3-4-6-17(16)20-19;1-12(13-6-4-7-15(19)9-13)21-22-17(23)11-24-18-10-14-5-2-3-8-16(14)20-18;1-13(14-7-3-2-4-8-14)20-21-17(22)12-23-18-11-15-9-5-6-10-16(15)19-18;1-12(14-6-4-8-18-10-14)20-21-16(22)11-23-17-9-13-5-2-3-7-15(13)19-17;;/h4-10H,11-12H2,1-3H3,(H,23,24);3-9H,10-11H2,1-2H3,(H,23,24);3-10H,11-12H2,1-2H3,(H,22,23);2-9H,10-11H2,1H3,(H,22,23);2-10H,11-12H2,1H3,(H,21,22);2-8,10H,9,11H2,1H3,(H,21,22);2*1H4/b22-14+;22-13+;21-14+;21-12+;20-13+;20-12+;;. The van der Waals surface area contributed by atoms with Crippen molar-refractivity contribution in [2.24, 2.45) is 60.6 Å². The van der Waals surface area contributed by atoms with E-state index in [2.05, 4.69) is 150 Å². The molecule has 754 valence electrons. The highest BCUT2D eigenvalue weighted by Gasteiger charge is 2.23. The summed E-state index contributed by atoms with van der Waals surface area (Å²) >= 11 is 18.3. The molecule has 18 rings (SSSR count). The Labute approximate surface area is 897 Å². The number of nitrogens with one attached hydrogen (secondary N) is 6. The normalized spacial score (nSPS) is 13.2. The van der Waals surface area contributed by atoms with Crippen molar-refractivity contribution in [3.05, 3.63) is 378 Å². The zero-order chi connectivity index (χ0) is 102. The number of fused-ring (bicyclic) bond motifs is 6. The molecule has 1 aromatic heterocycles. The van der Waals surface area contributed by atoms with Crippen molar-refractivity contribution in [1.82, 2.24) is 37.5 Å². The van der Waals surface area contributed by atoms with Gasteiger partial charge in [-0.3, -0.25) is 33.8 Å². The van der Waals surface area contributed by atoms with E-state index in [9.17, 15) is 28.8 Å². The molecule has 11 aromatic carbocycles. The van der Waals surface area contributed by atoms with Gasteiger partial charge >= 0.3 is 0 Å². The second-order valence-corrected chi connectivity index (χ2v) is 40.7. The van der Waals surface area contributed by atoms with Crippen molar-refractivity contribution >= 4 is 232 Å². The van der Waals surface area contributed by atoms with Crippen LogP contribution < -0.4 is 37.3 Å². The average molecular weight is 2160 g/mol. The Morgan fingerprint density at radius 1 is 0.306 bits per heavy atom. The number of amides is 6. The highest BCUT2D eigenvalue weighted by Crippen LogP contribution is 2.36. The Hall–Kier alpha value is -13.9. The lowest BCUT2D eigenvalue weighted by Crippen LogP contribution is -2.22. The van der Waals surface area contributed by atoms with E-state index in [-0.39, 0.29) is 56.0 Å². The van der Waals surface area contributed by atoms with Crippen LogP contribution in [0.3, 0.4) is 0 Å². The first-order valence-corrected chi connectivity index (χ1v) is 53.2. The van der Waals surface area contributed by atoms with Gasteiger partial charge in [-0.15, -0.1) is 70.6 Å². The number of pyridine rings is 1. The number of hydrogen-bond acceptors (Lipinski definition) is 26.